The van der Waals surface area contributed by atoms with E-state index in [2.05, 4.69) is 5.32 Å². The van der Waals surface area contributed by atoms with Crippen molar-refractivity contribution in [1.29, 1.82) is 0 Å². The molecule has 1 saturated heterocycles. The maximum Gasteiger partial charge on any atom is 0.241 e. The Morgan fingerprint density at radius 2 is 2.00 bits per heavy atom. The molecule has 3 aliphatic rings. The first-order valence-corrected chi connectivity index (χ1v) is 9.00. The fraction of sp³-hybridized carbons (Fsp3) is 0.923. The molecule has 0 bridgehead atoms. The standard InChI is InChI=1S/C13H22N2O3S/c1-14-12-8-19(17,18)5-4-15(13(12)16)11-3-2-9-6-10(9)7-11/h9-12,14H,2-8H2,1H3. The number of nitrogens with zero attached hydrogens (tertiary/aromatic N) is 1. The van der Waals surface area contributed by atoms with Crippen LogP contribution in [0.1, 0.15) is 25.7 Å². The van der Waals surface area contributed by atoms with Gasteiger partial charge in [-0.2, -0.15) is 0 Å². The van der Waals surface area contributed by atoms with Crippen molar-refractivity contribution in [3.8, 4) is 0 Å². The molecule has 1 N–H and O–H groups in total. The molecule has 0 radical (unpaired) electrons. The average Bonchev–Trinajstić information content (AvgIpc) is 3.14. The first-order chi connectivity index (χ1) is 9.00. The fourth-order valence-electron chi connectivity index (χ4n) is 3.64. The van der Waals surface area contributed by atoms with Crippen LogP contribution in [0.3, 0.4) is 0 Å². The van der Waals surface area contributed by atoms with Crippen LogP contribution in [0.5, 0.6) is 0 Å². The monoisotopic (exact) mass is 286 g/mol. The zero-order valence-corrected chi connectivity index (χ0v) is 12.2. The van der Waals surface area contributed by atoms with Gasteiger partial charge in [0.2, 0.25) is 5.91 Å². The van der Waals surface area contributed by atoms with Crippen molar-refractivity contribution in [2.75, 3.05) is 25.1 Å². The number of carbonyl (C=O) groups is 1. The fourth-order valence-corrected chi connectivity index (χ4v) is 5.09. The van der Waals surface area contributed by atoms with Gasteiger partial charge in [0, 0.05) is 12.6 Å². The van der Waals surface area contributed by atoms with Gasteiger partial charge < -0.3 is 10.2 Å². The summed E-state index contributed by atoms with van der Waals surface area (Å²) in [5.74, 6) is 1.72. The average molecular weight is 286 g/mol. The van der Waals surface area contributed by atoms with Gasteiger partial charge in [-0.3, -0.25) is 4.79 Å². The number of amides is 1. The van der Waals surface area contributed by atoms with Crippen molar-refractivity contribution in [2.24, 2.45) is 11.8 Å². The van der Waals surface area contributed by atoms with E-state index < -0.39 is 15.9 Å². The van der Waals surface area contributed by atoms with E-state index in [1.165, 1.54) is 12.8 Å². The smallest absolute Gasteiger partial charge is 0.241 e. The lowest BCUT2D eigenvalue weighted by molar-refractivity contribution is -0.135. The Morgan fingerprint density at radius 1 is 1.21 bits per heavy atom. The molecule has 1 heterocycles. The maximum absolute atomic E-state index is 12.5. The van der Waals surface area contributed by atoms with Gasteiger partial charge in [0.25, 0.3) is 0 Å². The van der Waals surface area contributed by atoms with Crippen molar-refractivity contribution in [3.05, 3.63) is 0 Å². The number of carbonyl (C=O) groups excluding carboxylic acids is 1. The SMILES string of the molecule is CNC1CS(=O)(=O)CCN(C2CCC3CC3C2)C1=O. The first-order valence-electron chi connectivity index (χ1n) is 7.18. The van der Waals surface area contributed by atoms with E-state index >= 15 is 0 Å². The molecule has 1 aliphatic heterocycles. The summed E-state index contributed by atoms with van der Waals surface area (Å²) in [6.45, 7) is 0.376. The summed E-state index contributed by atoms with van der Waals surface area (Å²) in [6, 6.07) is -0.301. The molecular weight excluding hydrogens is 264 g/mol. The summed E-state index contributed by atoms with van der Waals surface area (Å²) in [7, 11) is -1.45. The van der Waals surface area contributed by atoms with Crippen molar-refractivity contribution in [1.82, 2.24) is 10.2 Å². The topological polar surface area (TPSA) is 66.5 Å². The lowest BCUT2D eigenvalue weighted by atomic mass is 9.94. The molecule has 0 aromatic rings. The Hall–Kier alpha value is -0.620. The van der Waals surface area contributed by atoms with Gasteiger partial charge >= 0.3 is 0 Å². The second kappa shape index (κ2) is 4.74. The molecule has 19 heavy (non-hydrogen) atoms. The minimum Gasteiger partial charge on any atom is -0.337 e. The van der Waals surface area contributed by atoms with Crippen LogP contribution in [-0.4, -0.2) is 56.4 Å². The van der Waals surface area contributed by atoms with Gasteiger partial charge in [-0.1, -0.05) is 0 Å². The lowest BCUT2D eigenvalue weighted by Gasteiger charge is -2.34. The summed E-state index contributed by atoms with van der Waals surface area (Å²) in [5.41, 5.74) is 0. The zero-order chi connectivity index (χ0) is 13.6. The molecule has 3 fully saturated rings. The number of sulfone groups is 1. The van der Waals surface area contributed by atoms with Gasteiger partial charge in [-0.25, -0.2) is 8.42 Å². The third-order valence-electron chi connectivity index (χ3n) is 4.95. The van der Waals surface area contributed by atoms with E-state index in [0.717, 1.165) is 24.7 Å². The normalized spacial score (nSPS) is 41.5. The third kappa shape index (κ3) is 2.65. The highest BCUT2D eigenvalue weighted by molar-refractivity contribution is 7.91. The summed E-state index contributed by atoms with van der Waals surface area (Å²) >= 11 is 0. The van der Waals surface area contributed by atoms with Crippen molar-refractivity contribution in [2.45, 2.75) is 37.8 Å². The largest absolute Gasteiger partial charge is 0.337 e. The Balaban J connectivity index is 1.77. The quantitative estimate of drug-likeness (QED) is 0.777. The number of rotatable bonds is 2. The molecular formula is C13H22N2O3S. The highest BCUT2D eigenvalue weighted by Gasteiger charge is 2.45. The van der Waals surface area contributed by atoms with Crippen LogP contribution in [0, 0.1) is 11.8 Å². The number of nitrogens with one attached hydrogen (secondary N) is 1. The predicted octanol–water partition coefficient (Wildman–Crippen LogP) is 0.0200. The van der Waals surface area contributed by atoms with E-state index in [4.69, 9.17) is 0 Å². The lowest BCUT2D eigenvalue weighted by Crippen LogP contribution is -2.50. The van der Waals surface area contributed by atoms with Crippen molar-refractivity contribution in [3.63, 3.8) is 0 Å². The Kier molecular flexibility index (Phi) is 3.33. The number of hydrogen-bond acceptors (Lipinski definition) is 4. The van der Waals surface area contributed by atoms with E-state index in [-0.39, 0.29) is 23.5 Å². The second-order valence-electron chi connectivity index (χ2n) is 6.21. The highest BCUT2D eigenvalue weighted by atomic mass is 32.2. The van der Waals surface area contributed by atoms with E-state index in [1.807, 2.05) is 4.90 Å². The Morgan fingerprint density at radius 3 is 2.68 bits per heavy atom. The van der Waals surface area contributed by atoms with Crippen molar-refractivity contribution < 1.29 is 13.2 Å². The van der Waals surface area contributed by atoms with Crippen LogP contribution < -0.4 is 5.32 Å². The molecule has 2 saturated carbocycles. The number of likely N-dealkylation sites (N-methyl/N-ethyl adjacent to an activating group) is 1. The molecule has 3 rings (SSSR count). The molecule has 0 aromatic carbocycles. The Bertz CT molecular complexity index is 476. The van der Waals surface area contributed by atoms with E-state index in [9.17, 15) is 13.2 Å². The van der Waals surface area contributed by atoms with Crippen LogP contribution in [-0.2, 0) is 14.6 Å². The maximum atomic E-state index is 12.5. The molecule has 4 atom stereocenters. The van der Waals surface area contributed by atoms with Crippen LogP contribution in [0.15, 0.2) is 0 Å². The van der Waals surface area contributed by atoms with Crippen LogP contribution in [0.25, 0.3) is 0 Å². The Labute approximate surface area is 114 Å². The molecule has 4 unspecified atom stereocenters. The van der Waals surface area contributed by atoms with Gasteiger partial charge in [-0.15, -0.1) is 0 Å². The molecule has 6 heteroatoms. The van der Waals surface area contributed by atoms with Crippen LogP contribution >= 0.6 is 0 Å². The van der Waals surface area contributed by atoms with Crippen molar-refractivity contribution >= 4 is 15.7 Å². The summed E-state index contributed by atoms with van der Waals surface area (Å²) in [5, 5.41) is 2.87. The van der Waals surface area contributed by atoms with E-state index in [1.54, 1.807) is 7.05 Å². The molecule has 0 spiro atoms. The summed E-state index contributed by atoms with van der Waals surface area (Å²) < 4.78 is 23.7. The third-order valence-corrected chi connectivity index (χ3v) is 6.59. The van der Waals surface area contributed by atoms with Crippen LogP contribution in [0.4, 0.5) is 0 Å². The molecule has 2 aliphatic carbocycles. The molecule has 108 valence electrons. The molecule has 0 aromatic heterocycles. The van der Waals surface area contributed by atoms with Gasteiger partial charge in [0.05, 0.1) is 11.5 Å². The minimum absolute atomic E-state index is 0.0207. The molecule has 1 amide bonds. The van der Waals surface area contributed by atoms with Gasteiger partial charge in [0.1, 0.15) is 6.04 Å². The number of hydrogen-bond donors (Lipinski definition) is 1. The number of fused-ring (bicyclic) bond motifs is 1. The zero-order valence-electron chi connectivity index (χ0n) is 11.3. The summed E-state index contributed by atoms with van der Waals surface area (Å²) in [4.78, 5) is 14.3. The van der Waals surface area contributed by atoms with Crippen LogP contribution in [0.2, 0.25) is 0 Å². The predicted molar refractivity (Wildman–Crippen MR) is 72.5 cm³/mol. The first kappa shape index (κ1) is 13.4. The second-order valence-corrected chi connectivity index (χ2v) is 8.44. The highest BCUT2D eigenvalue weighted by Crippen LogP contribution is 2.50. The van der Waals surface area contributed by atoms with E-state index in [0.29, 0.717) is 6.54 Å². The molecule has 5 nitrogen and oxygen atoms in total. The van der Waals surface area contributed by atoms with Gasteiger partial charge in [-0.05, 0) is 44.6 Å². The van der Waals surface area contributed by atoms with Gasteiger partial charge in [0.15, 0.2) is 9.84 Å². The summed E-state index contributed by atoms with van der Waals surface area (Å²) in [6.07, 6.45) is 4.64. The minimum atomic E-state index is -3.11.